The molecule has 1 unspecified atom stereocenters. The number of hydrogen-bond donors (Lipinski definition) is 0. The molecule has 0 N–H and O–H groups in total. The zero-order chi connectivity index (χ0) is 19.0. The highest BCUT2D eigenvalue weighted by molar-refractivity contribution is 5.96. The van der Waals surface area contributed by atoms with Crippen LogP contribution in [0.15, 0.2) is 47.0 Å². The van der Waals surface area contributed by atoms with Crippen molar-refractivity contribution in [3.05, 3.63) is 70.9 Å². The largest absolute Gasteiger partial charge is 0.337 e. The van der Waals surface area contributed by atoms with Gasteiger partial charge in [0.25, 0.3) is 5.91 Å². The maximum atomic E-state index is 13.1. The van der Waals surface area contributed by atoms with E-state index < -0.39 is 0 Å². The molecule has 1 saturated heterocycles. The van der Waals surface area contributed by atoms with Gasteiger partial charge < -0.3 is 9.42 Å². The summed E-state index contributed by atoms with van der Waals surface area (Å²) >= 11 is 0. The Morgan fingerprint density at radius 2 is 1.96 bits per heavy atom. The number of amides is 1. The molecule has 4 rings (SSSR count). The number of carbonyl (C=O) groups is 1. The Balaban J connectivity index is 1.60. The van der Waals surface area contributed by atoms with Gasteiger partial charge in [0, 0.05) is 17.7 Å². The summed E-state index contributed by atoms with van der Waals surface area (Å²) in [4.78, 5) is 19.3. The molecule has 1 aliphatic rings. The third-order valence-electron chi connectivity index (χ3n) is 4.96. The van der Waals surface area contributed by atoms with Crippen LogP contribution in [0.3, 0.4) is 0 Å². The van der Waals surface area contributed by atoms with E-state index in [4.69, 9.17) is 4.52 Å². The molecular weight excluding hydrogens is 345 g/mol. The summed E-state index contributed by atoms with van der Waals surface area (Å²) in [5.41, 5.74) is 3.47. The number of benzene rings is 2. The SMILES string of the molecule is Cc1ccc(C(=O)N2CCCC2c2nc(-c3ccc(F)cc3)no2)c(C)c1. The topological polar surface area (TPSA) is 59.2 Å². The van der Waals surface area contributed by atoms with Crippen LogP contribution in [0.4, 0.5) is 4.39 Å². The first-order valence-corrected chi connectivity index (χ1v) is 9.00. The van der Waals surface area contributed by atoms with E-state index in [2.05, 4.69) is 10.1 Å². The normalized spacial score (nSPS) is 16.7. The molecule has 1 atom stereocenters. The Kier molecular flexibility index (Phi) is 4.48. The van der Waals surface area contributed by atoms with Gasteiger partial charge in [-0.1, -0.05) is 22.9 Å². The standard InChI is InChI=1S/C21H20FN3O2/c1-13-5-10-17(14(2)12-13)21(26)25-11-3-4-18(25)20-23-19(24-27-20)15-6-8-16(22)9-7-15/h5-10,12,18H,3-4,11H2,1-2H3. The highest BCUT2D eigenvalue weighted by Crippen LogP contribution is 2.33. The molecule has 3 aromatic rings. The van der Waals surface area contributed by atoms with Crippen LogP contribution in [0.2, 0.25) is 0 Å². The molecule has 0 bridgehead atoms. The average molecular weight is 365 g/mol. The number of carbonyl (C=O) groups excluding carboxylic acids is 1. The molecular formula is C21H20FN3O2. The van der Waals surface area contributed by atoms with Gasteiger partial charge in [-0.3, -0.25) is 4.79 Å². The molecule has 1 aliphatic heterocycles. The highest BCUT2D eigenvalue weighted by atomic mass is 19.1. The molecule has 2 aromatic carbocycles. The second kappa shape index (κ2) is 6.95. The molecule has 0 radical (unpaired) electrons. The minimum absolute atomic E-state index is 0.0171. The summed E-state index contributed by atoms with van der Waals surface area (Å²) in [5.74, 6) is 0.487. The fraction of sp³-hybridized carbons (Fsp3) is 0.286. The van der Waals surface area contributed by atoms with Gasteiger partial charge in [0.2, 0.25) is 11.7 Å². The Morgan fingerprint density at radius 1 is 1.19 bits per heavy atom. The summed E-state index contributed by atoms with van der Waals surface area (Å²) in [6.45, 7) is 4.62. The predicted molar refractivity (Wildman–Crippen MR) is 98.6 cm³/mol. The van der Waals surface area contributed by atoms with Crippen LogP contribution >= 0.6 is 0 Å². The van der Waals surface area contributed by atoms with Crippen LogP contribution in [-0.4, -0.2) is 27.5 Å². The Labute approximate surface area is 156 Å². The summed E-state index contributed by atoms with van der Waals surface area (Å²) in [6, 6.07) is 11.5. The first kappa shape index (κ1) is 17.4. The Hall–Kier alpha value is -3.02. The maximum Gasteiger partial charge on any atom is 0.254 e. The molecule has 27 heavy (non-hydrogen) atoms. The highest BCUT2D eigenvalue weighted by Gasteiger charge is 2.35. The summed E-state index contributed by atoms with van der Waals surface area (Å²) in [5, 5.41) is 4.01. The molecule has 0 aliphatic carbocycles. The van der Waals surface area contributed by atoms with Crippen LogP contribution < -0.4 is 0 Å². The van der Waals surface area contributed by atoms with Gasteiger partial charge in [-0.15, -0.1) is 0 Å². The van der Waals surface area contributed by atoms with Crippen molar-refractivity contribution in [1.29, 1.82) is 0 Å². The van der Waals surface area contributed by atoms with Crippen molar-refractivity contribution < 1.29 is 13.7 Å². The lowest BCUT2D eigenvalue weighted by molar-refractivity contribution is 0.0709. The lowest BCUT2D eigenvalue weighted by Crippen LogP contribution is -2.31. The van der Waals surface area contributed by atoms with Crippen molar-refractivity contribution in [3.8, 4) is 11.4 Å². The minimum atomic E-state index is -0.316. The first-order valence-electron chi connectivity index (χ1n) is 9.00. The third kappa shape index (κ3) is 3.35. The van der Waals surface area contributed by atoms with E-state index in [-0.39, 0.29) is 17.8 Å². The number of rotatable bonds is 3. The predicted octanol–water partition coefficient (Wildman–Crippen LogP) is 4.47. The first-order chi connectivity index (χ1) is 13.0. The molecule has 1 aromatic heterocycles. The number of hydrogen-bond acceptors (Lipinski definition) is 4. The fourth-order valence-electron chi connectivity index (χ4n) is 3.56. The zero-order valence-corrected chi connectivity index (χ0v) is 15.3. The quantitative estimate of drug-likeness (QED) is 0.687. The average Bonchev–Trinajstić information content (AvgIpc) is 3.31. The van der Waals surface area contributed by atoms with Gasteiger partial charge in [0.1, 0.15) is 11.9 Å². The molecule has 138 valence electrons. The maximum absolute atomic E-state index is 13.1. The van der Waals surface area contributed by atoms with Crippen LogP contribution in [0, 0.1) is 19.7 Å². The third-order valence-corrected chi connectivity index (χ3v) is 4.96. The van der Waals surface area contributed by atoms with Crippen molar-refractivity contribution in [3.63, 3.8) is 0 Å². The fourth-order valence-corrected chi connectivity index (χ4v) is 3.56. The molecule has 1 amide bonds. The summed E-state index contributed by atoms with van der Waals surface area (Å²) in [6.07, 6.45) is 1.66. The van der Waals surface area contributed by atoms with Crippen molar-refractivity contribution >= 4 is 5.91 Å². The number of halogens is 1. The van der Waals surface area contributed by atoms with Crippen LogP contribution in [0.5, 0.6) is 0 Å². The number of aryl methyl sites for hydroxylation is 2. The van der Waals surface area contributed by atoms with Crippen LogP contribution in [0.25, 0.3) is 11.4 Å². The van der Waals surface area contributed by atoms with E-state index in [0.29, 0.717) is 29.4 Å². The van der Waals surface area contributed by atoms with Crippen LogP contribution in [0.1, 0.15) is 46.3 Å². The van der Waals surface area contributed by atoms with Gasteiger partial charge in [-0.05, 0) is 62.6 Å². The molecule has 1 fully saturated rings. The van der Waals surface area contributed by atoms with E-state index in [1.165, 1.54) is 12.1 Å². The van der Waals surface area contributed by atoms with E-state index in [9.17, 15) is 9.18 Å². The van der Waals surface area contributed by atoms with Crippen LogP contribution in [-0.2, 0) is 0 Å². The summed E-state index contributed by atoms with van der Waals surface area (Å²) in [7, 11) is 0. The van der Waals surface area contributed by atoms with Crippen molar-refractivity contribution in [1.82, 2.24) is 15.0 Å². The lowest BCUT2D eigenvalue weighted by Gasteiger charge is -2.22. The smallest absolute Gasteiger partial charge is 0.254 e. The monoisotopic (exact) mass is 365 g/mol. The number of nitrogens with zero attached hydrogens (tertiary/aromatic N) is 3. The number of aromatic nitrogens is 2. The Morgan fingerprint density at radius 3 is 2.70 bits per heavy atom. The second-order valence-corrected chi connectivity index (χ2v) is 6.94. The molecule has 5 nitrogen and oxygen atoms in total. The van der Waals surface area contributed by atoms with Gasteiger partial charge in [0.05, 0.1) is 0 Å². The minimum Gasteiger partial charge on any atom is -0.337 e. The second-order valence-electron chi connectivity index (χ2n) is 6.94. The van der Waals surface area contributed by atoms with Gasteiger partial charge in [-0.2, -0.15) is 4.98 Å². The van der Waals surface area contributed by atoms with Gasteiger partial charge in [0.15, 0.2) is 0 Å². The summed E-state index contributed by atoms with van der Waals surface area (Å²) < 4.78 is 18.6. The van der Waals surface area contributed by atoms with Gasteiger partial charge >= 0.3 is 0 Å². The van der Waals surface area contributed by atoms with Crippen molar-refractivity contribution in [2.75, 3.05) is 6.54 Å². The van der Waals surface area contributed by atoms with Crippen molar-refractivity contribution in [2.24, 2.45) is 0 Å². The Bertz CT molecular complexity index is 981. The molecule has 2 heterocycles. The number of likely N-dealkylation sites (tertiary alicyclic amines) is 1. The van der Waals surface area contributed by atoms with E-state index in [1.807, 2.05) is 32.0 Å². The van der Waals surface area contributed by atoms with E-state index >= 15 is 0 Å². The molecule has 6 heteroatoms. The van der Waals surface area contributed by atoms with E-state index in [0.717, 1.165) is 24.0 Å². The lowest BCUT2D eigenvalue weighted by atomic mass is 10.0. The zero-order valence-electron chi connectivity index (χ0n) is 15.3. The molecule has 0 spiro atoms. The van der Waals surface area contributed by atoms with Crippen molar-refractivity contribution in [2.45, 2.75) is 32.7 Å². The molecule has 0 saturated carbocycles. The van der Waals surface area contributed by atoms with E-state index in [1.54, 1.807) is 17.0 Å². The van der Waals surface area contributed by atoms with Gasteiger partial charge in [-0.25, -0.2) is 4.39 Å².